The molecule has 2 heteroatoms. The van der Waals surface area contributed by atoms with Crippen LogP contribution >= 0.6 is 0 Å². The number of aromatic nitrogens is 1. The highest BCUT2D eigenvalue weighted by Crippen LogP contribution is 2.44. The van der Waals surface area contributed by atoms with Crippen molar-refractivity contribution < 1.29 is 5.11 Å². The van der Waals surface area contributed by atoms with E-state index in [1.165, 1.54) is 25.7 Å². The predicted molar refractivity (Wildman–Crippen MR) is 65.1 cm³/mol. The van der Waals surface area contributed by atoms with Gasteiger partial charge in [0.25, 0.3) is 0 Å². The van der Waals surface area contributed by atoms with Gasteiger partial charge in [-0.2, -0.15) is 0 Å². The molecule has 0 aromatic carbocycles. The molecule has 2 rings (SSSR count). The summed E-state index contributed by atoms with van der Waals surface area (Å²) in [4.78, 5) is 4.10. The Morgan fingerprint density at radius 3 is 2.75 bits per heavy atom. The molecule has 0 radical (unpaired) electrons. The van der Waals surface area contributed by atoms with Crippen LogP contribution in [0.5, 0.6) is 0 Å². The lowest BCUT2D eigenvalue weighted by atomic mass is 9.76. The van der Waals surface area contributed by atoms with Crippen LogP contribution in [0.25, 0.3) is 0 Å². The Kier molecular flexibility index (Phi) is 3.59. The number of aliphatic hydroxyl groups is 1. The second-order valence-electron chi connectivity index (χ2n) is 5.00. The van der Waals surface area contributed by atoms with Gasteiger partial charge in [0, 0.05) is 18.8 Å². The van der Waals surface area contributed by atoms with Crippen molar-refractivity contribution in [2.45, 2.75) is 51.6 Å². The standard InChI is InChI=1S/C14H21NO/c1-2-14(7-3-4-8-14)13(16)10-12-6-5-9-15-11-12/h5-6,9,11,13,16H,2-4,7-8,10H2,1H3. The highest BCUT2D eigenvalue weighted by atomic mass is 16.3. The number of hydrogen-bond donors (Lipinski definition) is 1. The fourth-order valence-electron chi connectivity index (χ4n) is 2.96. The molecule has 0 bridgehead atoms. The molecule has 2 nitrogen and oxygen atoms in total. The van der Waals surface area contributed by atoms with Crippen LogP contribution in [0.2, 0.25) is 0 Å². The molecule has 1 N–H and O–H groups in total. The van der Waals surface area contributed by atoms with Gasteiger partial charge in [0.05, 0.1) is 6.10 Å². The number of pyridine rings is 1. The van der Waals surface area contributed by atoms with Gasteiger partial charge in [0.15, 0.2) is 0 Å². The Morgan fingerprint density at radius 2 is 2.19 bits per heavy atom. The van der Waals surface area contributed by atoms with E-state index in [1.807, 2.05) is 12.3 Å². The summed E-state index contributed by atoms with van der Waals surface area (Å²) in [5.41, 5.74) is 1.32. The van der Waals surface area contributed by atoms with Crippen LogP contribution in [-0.4, -0.2) is 16.2 Å². The van der Waals surface area contributed by atoms with Crippen molar-refractivity contribution >= 4 is 0 Å². The van der Waals surface area contributed by atoms with E-state index in [0.29, 0.717) is 0 Å². The maximum Gasteiger partial charge on any atom is 0.0637 e. The van der Waals surface area contributed by atoms with E-state index < -0.39 is 0 Å². The van der Waals surface area contributed by atoms with Crippen molar-refractivity contribution in [2.24, 2.45) is 5.41 Å². The van der Waals surface area contributed by atoms with Gasteiger partial charge < -0.3 is 5.11 Å². The molecule has 1 unspecified atom stereocenters. The summed E-state index contributed by atoms with van der Waals surface area (Å²) in [5.74, 6) is 0. The quantitative estimate of drug-likeness (QED) is 0.844. The van der Waals surface area contributed by atoms with Gasteiger partial charge in [-0.25, -0.2) is 0 Å². The summed E-state index contributed by atoms with van der Waals surface area (Å²) in [6.45, 7) is 2.21. The second kappa shape index (κ2) is 4.96. The van der Waals surface area contributed by atoms with Crippen LogP contribution < -0.4 is 0 Å². The number of aliphatic hydroxyl groups excluding tert-OH is 1. The molecule has 1 aliphatic rings. The lowest BCUT2D eigenvalue weighted by Crippen LogP contribution is -2.33. The number of hydrogen-bond acceptors (Lipinski definition) is 2. The summed E-state index contributed by atoms with van der Waals surface area (Å²) >= 11 is 0. The molecule has 1 fully saturated rings. The van der Waals surface area contributed by atoms with Crippen molar-refractivity contribution in [3.8, 4) is 0 Å². The molecule has 0 spiro atoms. The van der Waals surface area contributed by atoms with Crippen molar-refractivity contribution in [3.63, 3.8) is 0 Å². The van der Waals surface area contributed by atoms with Crippen molar-refractivity contribution in [1.82, 2.24) is 4.98 Å². The smallest absolute Gasteiger partial charge is 0.0637 e. The fraction of sp³-hybridized carbons (Fsp3) is 0.643. The summed E-state index contributed by atoms with van der Waals surface area (Å²) in [5, 5.41) is 10.4. The Hall–Kier alpha value is -0.890. The minimum Gasteiger partial charge on any atom is -0.392 e. The van der Waals surface area contributed by atoms with Gasteiger partial charge in [-0.3, -0.25) is 4.98 Å². The van der Waals surface area contributed by atoms with Gasteiger partial charge in [-0.1, -0.05) is 25.8 Å². The molecule has 1 heterocycles. The SMILES string of the molecule is CCC1(C(O)Cc2cccnc2)CCCC1. The van der Waals surface area contributed by atoms with E-state index >= 15 is 0 Å². The first kappa shape index (κ1) is 11.6. The topological polar surface area (TPSA) is 33.1 Å². The van der Waals surface area contributed by atoms with Crippen LogP contribution in [0, 0.1) is 5.41 Å². The highest BCUT2D eigenvalue weighted by Gasteiger charge is 2.38. The average molecular weight is 219 g/mol. The first-order valence-corrected chi connectivity index (χ1v) is 6.34. The molecular formula is C14H21NO. The van der Waals surface area contributed by atoms with Crippen molar-refractivity contribution in [3.05, 3.63) is 30.1 Å². The lowest BCUT2D eigenvalue weighted by molar-refractivity contribution is 0.0257. The molecule has 1 saturated carbocycles. The van der Waals surface area contributed by atoms with Gasteiger partial charge in [-0.15, -0.1) is 0 Å². The van der Waals surface area contributed by atoms with E-state index in [2.05, 4.69) is 18.0 Å². The van der Waals surface area contributed by atoms with Gasteiger partial charge in [-0.05, 0) is 36.3 Å². The Morgan fingerprint density at radius 1 is 1.44 bits per heavy atom. The molecule has 1 aromatic heterocycles. The van der Waals surface area contributed by atoms with E-state index in [9.17, 15) is 5.11 Å². The van der Waals surface area contributed by atoms with E-state index in [4.69, 9.17) is 0 Å². The zero-order chi connectivity index (χ0) is 11.4. The zero-order valence-corrected chi connectivity index (χ0v) is 10.0. The first-order chi connectivity index (χ1) is 7.77. The molecule has 1 aromatic rings. The van der Waals surface area contributed by atoms with Crippen LogP contribution in [0.4, 0.5) is 0 Å². The molecule has 0 amide bonds. The van der Waals surface area contributed by atoms with Crippen LogP contribution in [0.3, 0.4) is 0 Å². The molecule has 0 aliphatic heterocycles. The monoisotopic (exact) mass is 219 g/mol. The second-order valence-corrected chi connectivity index (χ2v) is 5.00. The largest absolute Gasteiger partial charge is 0.392 e. The van der Waals surface area contributed by atoms with E-state index in [-0.39, 0.29) is 11.5 Å². The molecule has 0 saturated heterocycles. The Labute approximate surface area is 97.7 Å². The number of rotatable bonds is 4. The first-order valence-electron chi connectivity index (χ1n) is 6.34. The molecule has 1 atom stereocenters. The maximum absolute atomic E-state index is 10.4. The molecule has 1 aliphatic carbocycles. The fourth-order valence-corrected chi connectivity index (χ4v) is 2.96. The summed E-state index contributed by atoms with van der Waals surface area (Å²) in [7, 11) is 0. The Balaban J connectivity index is 2.04. The van der Waals surface area contributed by atoms with Crippen LogP contribution in [-0.2, 0) is 6.42 Å². The number of nitrogens with zero attached hydrogens (tertiary/aromatic N) is 1. The molecular weight excluding hydrogens is 198 g/mol. The summed E-state index contributed by atoms with van der Waals surface area (Å²) in [6.07, 6.45) is 10.2. The van der Waals surface area contributed by atoms with Gasteiger partial charge >= 0.3 is 0 Å². The highest BCUT2D eigenvalue weighted by molar-refractivity contribution is 5.11. The van der Waals surface area contributed by atoms with Crippen molar-refractivity contribution in [2.75, 3.05) is 0 Å². The van der Waals surface area contributed by atoms with Crippen LogP contribution in [0.1, 0.15) is 44.6 Å². The third kappa shape index (κ3) is 2.27. The van der Waals surface area contributed by atoms with Gasteiger partial charge in [0.1, 0.15) is 0 Å². The third-order valence-electron chi connectivity index (χ3n) is 4.16. The normalized spacial score (nSPS) is 20.9. The van der Waals surface area contributed by atoms with E-state index in [0.717, 1.165) is 18.4 Å². The van der Waals surface area contributed by atoms with E-state index in [1.54, 1.807) is 6.20 Å². The van der Waals surface area contributed by atoms with Gasteiger partial charge in [0.2, 0.25) is 0 Å². The van der Waals surface area contributed by atoms with Crippen molar-refractivity contribution in [1.29, 1.82) is 0 Å². The molecule has 16 heavy (non-hydrogen) atoms. The van der Waals surface area contributed by atoms with Crippen LogP contribution in [0.15, 0.2) is 24.5 Å². The third-order valence-corrected chi connectivity index (χ3v) is 4.16. The predicted octanol–water partition coefficient (Wildman–Crippen LogP) is 2.96. The summed E-state index contributed by atoms with van der Waals surface area (Å²) in [6, 6.07) is 3.99. The Bertz CT molecular complexity index is 317. The average Bonchev–Trinajstić information content (AvgIpc) is 2.80. The molecule has 88 valence electrons. The maximum atomic E-state index is 10.4. The zero-order valence-electron chi connectivity index (χ0n) is 10.0. The minimum atomic E-state index is -0.204. The summed E-state index contributed by atoms with van der Waals surface area (Å²) < 4.78 is 0. The lowest BCUT2D eigenvalue weighted by Gasteiger charge is -2.33. The minimum absolute atomic E-state index is 0.176.